The van der Waals surface area contributed by atoms with Gasteiger partial charge in [-0.15, -0.1) is 0 Å². The van der Waals surface area contributed by atoms with Crippen molar-refractivity contribution in [1.82, 2.24) is 10.2 Å². The van der Waals surface area contributed by atoms with Gasteiger partial charge in [-0.1, -0.05) is 0 Å². The quantitative estimate of drug-likeness (QED) is 0.322. The summed E-state index contributed by atoms with van der Waals surface area (Å²) in [5, 5.41) is 2.20. The number of carbonyl (C=O) groups is 2. The van der Waals surface area contributed by atoms with Gasteiger partial charge in [-0.25, -0.2) is 4.79 Å². The Morgan fingerprint density at radius 2 is 1.91 bits per heavy atom. The molecule has 1 heterocycles. The van der Waals surface area contributed by atoms with Crippen molar-refractivity contribution in [2.75, 3.05) is 7.05 Å². The molecule has 5 heteroatoms. The Hall–Kier alpha value is 0.576. The number of amides is 3. The summed E-state index contributed by atoms with van der Waals surface area (Å²) in [6.45, 7) is 3.40. The van der Waals surface area contributed by atoms with Gasteiger partial charge in [0, 0.05) is 7.05 Å². The Balaban J connectivity index is 0. The van der Waals surface area contributed by atoms with Gasteiger partial charge >= 0.3 is 57.4 Å². The van der Waals surface area contributed by atoms with Crippen LogP contribution >= 0.6 is 0 Å². The number of hydrogen-bond acceptors (Lipinski definition) is 2. The second kappa shape index (κ2) is 3.53. The molecule has 0 aromatic carbocycles. The molecule has 1 rings (SSSR count). The molecule has 58 valence electrons. The van der Waals surface area contributed by atoms with Crippen molar-refractivity contribution >= 4 is 11.9 Å². The molecule has 11 heavy (non-hydrogen) atoms. The van der Waals surface area contributed by atoms with E-state index < -0.39 is 5.54 Å². The van der Waals surface area contributed by atoms with Crippen LogP contribution in [0.15, 0.2) is 0 Å². The van der Waals surface area contributed by atoms with Crippen molar-refractivity contribution in [3.63, 3.8) is 0 Å². The largest absolute Gasteiger partial charge is 1.00 e. The summed E-state index contributed by atoms with van der Waals surface area (Å²) >= 11 is 0. The smallest absolute Gasteiger partial charge is 1.00 e. The Kier molecular flexibility index (Phi) is 3.71. The van der Waals surface area contributed by atoms with E-state index in [9.17, 15) is 9.59 Å². The first-order valence-electron chi connectivity index (χ1n) is 3.05. The van der Waals surface area contributed by atoms with Crippen LogP contribution < -0.4 is 56.7 Å². The number of hydrogen-bond donors (Lipinski definition) is 1. The van der Waals surface area contributed by atoms with Crippen LogP contribution in [0.3, 0.4) is 0 Å². The van der Waals surface area contributed by atoms with Crippen LogP contribution in [0.1, 0.15) is 15.3 Å². The number of rotatable bonds is 0. The van der Waals surface area contributed by atoms with Crippen molar-refractivity contribution in [1.29, 1.82) is 0 Å². The maximum atomic E-state index is 10.9. The van der Waals surface area contributed by atoms with Crippen molar-refractivity contribution < 1.29 is 62.4 Å². The van der Waals surface area contributed by atoms with Crippen molar-refractivity contribution in [3.8, 4) is 0 Å². The average Bonchev–Trinajstić information content (AvgIpc) is 1.97. The molecule has 1 aliphatic heterocycles. The molecule has 0 atom stereocenters. The minimum Gasteiger partial charge on any atom is -1.00 e. The van der Waals surface area contributed by atoms with E-state index in [1.54, 1.807) is 20.9 Å². The predicted molar refractivity (Wildman–Crippen MR) is 36.5 cm³/mol. The number of urea groups is 1. The van der Waals surface area contributed by atoms with Crippen LogP contribution in [0.4, 0.5) is 4.79 Å². The molecule has 0 aromatic rings. The average molecular weight is 182 g/mol. The van der Waals surface area contributed by atoms with Gasteiger partial charge in [-0.2, -0.15) is 0 Å². The van der Waals surface area contributed by atoms with Crippen molar-refractivity contribution in [3.05, 3.63) is 0 Å². The first-order chi connectivity index (χ1) is 4.46. The van der Waals surface area contributed by atoms with Gasteiger partial charge in [-0.05, 0) is 13.8 Å². The van der Waals surface area contributed by atoms with Crippen LogP contribution in [-0.2, 0) is 4.79 Å². The zero-order chi connectivity index (χ0) is 7.94. The molecule has 1 fully saturated rings. The fourth-order valence-corrected chi connectivity index (χ4v) is 0.740. The summed E-state index contributed by atoms with van der Waals surface area (Å²) in [6.07, 6.45) is 0. The molecule has 1 N–H and O–H groups in total. The van der Waals surface area contributed by atoms with E-state index in [0.717, 1.165) is 0 Å². The summed E-state index contributed by atoms with van der Waals surface area (Å²) in [7, 11) is 1.60. The number of imide groups is 1. The maximum absolute atomic E-state index is 10.9. The van der Waals surface area contributed by atoms with Gasteiger partial charge in [0.15, 0.2) is 0 Å². The zero-order valence-electron chi connectivity index (χ0n) is 8.26. The summed E-state index contributed by atoms with van der Waals surface area (Å²) in [4.78, 5) is 23.1. The second-order valence-corrected chi connectivity index (χ2v) is 2.88. The third kappa shape index (κ3) is 1.84. The van der Waals surface area contributed by atoms with Gasteiger partial charge in [0.1, 0.15) is 5.54 Å². The van der Waals surface area contributed by atoms with Gasteiger partial charge in [-0.3, -0.25) is 10.1 Å². The molecule has 3 amide bonds. The molecule has 1 saturated heterocycles. The van der Waals surface area contributed by atoms with E-state index >= 15 is 0 Å². The molecule has 0 spiro atoms. The Morgan fingerprint density at radius 3 is 2.00 bits per heavy atom. The number of nitrogens with one attached hydrogen (secondary N) is 1. The van der Waals surface area contributed by atoms with Gasteiger partial charge in [0.05, 0.1) is 0 Å². The van der Waals surface area contributed by atoms with Crippen LogP contribution in [0, 0.1) is 0 Å². The topological polar surface area (TPSA) is 49.4 Å². The molecular weight excluding hydrogens is 171 g/mol. The number of likely N-dealkylation sites (N-methyl/N-ethyl adjacent to an activating group) is 1. The molecule has 1 aliphatic rings. The number of nitrogens with zero attached hydrogens (tertiary/aromatic N) is 1. The fraction of sp³-hybridized carbons (Fsp3) is 0.667. The van der Waals surface area contributed by atoms with Crippen LogP contribution in [0.5, 0.6) is 0 Å². The van der Waals surface area contributed by atoms with Crippen LogP contribution in [0.2, 0.25) is 0 Å². The van der Waals surface area contributed by atoms with E-state index in [4.69, 9.17) is 0 Å². The van der Waals surface area contributed by atoms with Gasteiger partial charge in [0.2, 0.25) is 0 Å². The van der Waals surface area contributed by atoms with E-state index in [2.05, 4.69) is 5.32 Å². The summed E-state index contributed by atoms with van der Waals surface area (Å²) in [6, 6.07) is -0.324. The van der Waals surface area contributed by atoms with Crippen LogP contribution in [0.25, 0.3) is 0 Å². The standard InChI is InChI=1S/C6H10N2O2.K.H/c1-6(2)4(9)7-5(10)8(6)3;;/h1-3H3,(H,7,9,10);;/q;+1;-1. The Labute approximate surface area is 110 Å². The minimum atomic E-state index is -0.683. The molecule has 0 aliphatic carbocycles. The monoisotopic (exact) mass is 182 g/mol. The SMILES string of the molecule is CN1C(=O)NC(=O)C1(C)C.[H-].[K+]. The minimum absolute atomic E-state index is 0. The predicted octanol–water partition coefficient (Wildman–Crippen LogP) is -2.94. The summed E-state index contributed by atoms with van der Waals surface area (Å²) in [5.74, 6) is -0.236. The molecule has 0 bridgehead atoms. The molecule has 0 radical (unpaired) electrons. The second-order valence-electron chi connectivity index (χ2n) is 2.88. The zero-order valence-corrected chi connectivity index (χ0v) is 10.4. The molecule has 0 aromatic heterocycles. The molecule has 0 saturated carbocycles. The van der Waals surface area contributed by atoms with Crippen LogP contribution in [-0.4, -0.2) is 29.4 Å². The van der Waals surface area contributed by atoms with Crippen molar-refractivity contribution in [2.24, 2.45) is 0 Å². The van der Waals surface area contributed by atoms with E-state index in [1.165, 1.54) is 4.90 Å². The molecule has 0 unspecified atom stereocenters. The van der Waals surface area contributed by atoms with Gasteiger partial charge < -0.3 is 6.33 Å². The van der Waals surface area contributed by atoms with E-state index in [1.807, 2.05) is 0 Å². The summed E-state index contributed by atoms with van der Waals surface area (Å²) < 4.78 is 0. The maximum Gasteiger partial charge on any atom is 1.00 e. The summed E-state index contributed by atoms with van der Waals surface area (Å²) in [5.41, 5.74) is -0.683. The Morgan fingerprint density at radius 1 is 1.45 bits per heavy atom. The third-order valence-electron chi connectivity index (χ3n) is 1.92. The number of carbonyl (C=O) groups excluding carboxylic acids is 2. The first-order valence-corrected chi connectivity index (χ1v) is 3.05. The molecule has 4 nitrogen and oxygen atoms in total. The normalized spacial score (nSPS) is 21.2. The van der Waals surface area contributed by atoms with E-state index in [0.29, 0.717) is 0 Å². The van der Waals surface area contributed by atoms with E-state index in [-0.39, 0.29) is 64.7 Å². The third-order valence-corrected chi connectivity index (χ3v) is 1.92. The fourth-order valence-electron chi connectivity index (χ4n) is 0.740. The van der Waals surface area contributed by atoms with Gasteiger partial charge in [0.25, 0.3) is 5.91 Å². The van der Waals surface area contributed by atoms with Crippen molar-refractivity contribution in [2.45, 2.75) is 19.4 Å². The molecular formula is C6H11KN2O2. The Bertz CT molecular complexity index is 208. The first kappa shape index (κ1) is 11.6.